The van der Waals surface area contributed by atoms with E-state index in [1.807, 2.05) is 6.92 Å². The highest BCUT2D eigenvalue weighted by Gasteiger charge is 2.21. The summed E-state index contributed by atoms with van der Waals surface area (Å²) in [5.74, 6) is -0.623. The number of aliphatic hydroxyl groups is 1. The minimum absolute atomic E-state index is 0.153. The number of halogens is 2. The third kappa shape index (κ3) is 3.98. The van der Waals surface area contributed by atoms with Crippen LogP contribution in [-0.4, -0.2) is 17.8 Å². The highest BCUT2D eigenvalue weighted by Crippen LogP contribution is 2.25. The molecule has 1 aliphatic rings. The molecule has 0 aliphatic heterocycles. The van der Waals surface area contributed by atoms with E-state index in [1.54, 1.807) is 0 Å². The van der Waals surface area contributed by atoms with Gasteiger partial charge in [0.2, 0.25) is 0 Å². The number of hydrogen-bond donors (Lipinski definition) is 2. The van der Waals surface area contributed by atoms with Gasteiger partial charge in [-0.3, -0.25) is 0 Å². The summed E-state index contributed by atoms with van der Waals surface area (Å²) in [5.41, 5.74) is 0.484. The van der Waals surface area contributed by atoms with E-state index in [2.05, 4.69) is 5.32 Å². The molecule has 106 valence electrons. The molecule has 0 heterocycles. The number of hydrogen-bond acceptors (Lipinski definition) is 2. The lowest BCUT2D eigenvalue weighted by molar-refractivity contribution is 0.0997. The molecule has 3 atom stereocenters. The van der Waals surface area contributed by atoms with Crippen LogP contribution in [-0.2, 0) is 0 Å². The van der Waals surface area contributed by atoms with E-state index >= 15 is 0 Å². The Morgan fingerprint density at radius 3 is 2.84 bits per heavy atom. The molecule has 1 saturated carbocycles. The first-order chi connectivity index (χ1) is 9.06. The second-order valence-electron chi connectivity index (χ2n) is 5.48. The standard InChI is InChI=1S/C15H21F2NO/c1-10(14-6-5-12(16)8-15(14)17)18-9-11-3-2-4-13(19)7-11/h5-6,8,10-11,13,18-19H,2-4,7,9H2,1H3. The van der Waals surface area contributed by atoms with E-state index < -0.39 is 11.6 Å². The molecule has 1 aromatic carbocycles. The lowest BCUT2D eigenvalue weighted by atomic mass is 9.87. The van der Waals surface area contributed by atoms with E-state index in [0.717, 1.165) is 38.3 Å². The van der Waals surface area contributed by atoms with Gasteiger partial charge >= 0.3 is 0 Å². The van der Waals surface area contributed by atoms with Gasteiger partial charge in [0, 0.05) is 17.7 Å². The first-order valence-electron chi connectivity index (χ1n) is 6.92. The summed E-state index contributed by atoms with van der Waals surface area (Å²) in [4.78, 5) is 0. The first kappa shape index (κ1) is 14.4. The van der Waals surface area contributed by atoms with Crippen LogP contribution >= 0.6 is 0 Å². The van der Waals surface area contributed by atoms with Crippen molar-refractivity contribution in [2.75, 3.05) is 6.54 Å². The maximum absolute atomic E-state index is 13.6. The van der Waals surface area contributed by atoms with E-state index in [0.29, 0.717) is 11.5 Å². The van der Waals surface area contributed by atoms with Gasteiger partial charge in [-0.2, -0.15) is 0 Å². The highest BCUT2D eigenvalue weighted by atomic mass is 19.1. The Morgan fingerprint density at radius 2 is 2.16 bits per heavy atom. The Labute approximate surface area is 112 Å². The molecule has 2 rings (SSSR count). The molecule has 2 nitrogen and oxygen atoms in total. The fraction of sp³-hybridized carbons (Fsp3) is 0.600. The Balaban J connectivity index is 1.88. The highest BCUT2D eigenvalue weighted by molar-refractivity contribution is 5.21. The summed E-state index contributed by atoms with van der Waals surface area (Å²) in [6.07, 6.45) is 3.65. The molecule has 1 fully saturated rings. The van der Waals surface area contributed by atoms with E-state index in [4.69, 9.17) is 0 Å². The Hall–Kier alpha value is -1.00. The molecule has 3 unspecified atom stereocenters. The average molecular weight is 269 g/mol. The first-order valence-corrected chi connectivity index (χ1v) is 6.92. The second kappa shape index (κ2) is 6.44. The predicted molar refractivity (Wildman–Crippen MR) is 70.7 cm³/mol. The number of benzene rings is 1. The van der Waals surface area contributed by atoms with Crippen LogP contribution in [0, 0.1) is 17.6 Å². The van der Waals surface area contributed by atoms with Crippen molar-refractivity contribution < 1.29 is 13.9 Å². The molecule has 1 aromatic rings. The van der Waals surface area contributed by atoms with Crippen molar-refractivity contribution in [1.82, 2.24) is 5.32 Å². The van der Waals surface area contributed by atoms with Crippen LogP contribution in [0.25, 0.3) is 0 Å². The largest absolute Gasteiger partial charge is 0.393 e. The molecule has 0 saturated heterocycles. The van der Waals surface area contributed by atoms with Crippen molar-refractivity contribution in [3.63, 3.8) is 0 Å². The smallest absolute Gasteiger partial charge is 0.130 e. The van der Waals surface area contributed by atoms with Gasteiger partial charge < -0.3 is 10.4 Å². The van der Waals surface area contributed by atoms with E-state index in [1.165, 1.54) is 12.1 Å². The van der Waals surface area contributed by atoms with Gasteiger partial charge in [0.05, 0.1) is 6.10 Å². The van der Waals surface area contributed by atoms with Gasteiger partial charge in [0.25, 0.3) is 0 Å². The zero-order valence-electron chi connectivity index (χ0n) is 11.2. The van der Waals surface area contributed by atoms with Crippen molar-refractivity contribution in [3.05, 3.63) is 35.4 Å². The third-order valence-corrected chi connectivity index (χ3v) is 3.90. The van der Waals surface area contributed by atoms with Crippen LogP contribution in [0.1, 0.15) is 44.2 Å². The molecule has 0 amide bonds. The molecule has 1 aliphatic carbocycles. The maximum atomic E-state index is 13.6. The topological polar surface area (TPSA) is 32.3 Å². The quantitative estimate of drug-likeness (QED) is 0.880. The van der Waals surface area contributed by atoms with Gasteiger partial charge in [0.1, 0.15) is 11.6 Å². The number of nitrogens with one attached hydrogen (secondary N) is 1. The summed E-state index contributed by atoms with van der Waals surface area (Å²) in [7, 11) is 0. The van der Waals surface area contributed by atoms with Crippen molar-refractivity contribution in [1.29, 1.82) is 0 Å². The molecule has 0 aromatic heterocycles. The molecule has 19 heavy (non-hydrogen) atoms. The fourth-order valence-electron chi connectivity index (χ4n) is 2.75. The monoisotopic (exact) mass is 269 g/mol. The number of aliphatic hydroxyl groups excluding tert-OH is 1. The molecular weight excluding hydrogens is 248 g/mol. The van der Waals surface area contributed by atoms with Crippen molar-refractivity contribution in [2.24, 2.45) is 5.92 Å². The lowest BCUT2D eigenvalue weighted by Gasteiger charge is -2.27. The van der Waals surface area contributed by atoms with Gasteiger partial charge in [-0.05, 0) is 44.7 Å². The van der Waals surface area contributed by atoms with Crippen LogP contribution in [0.3, 0.4) is 0 Å². The van der Waals surface area contributed by atoms with Crippen molar-refractivity contribution in [2.45, 2.75) is 44.8 Å². The second-order valence-corrected chi connectivity index (χ2v) is 5.48. The SMILES string of the molecule is CC(NCC1CCCC(O)C1)c1ccc(F)cc1F. The van der Waals surface area contributed by atoms with Gasteiger partial charge in [-0.15, -0.1) is 0 Å². The van der Waals surface area contributed by atoms with Gasteiger partial charge in [0.15, 0.2) is 0 Å². The Kier molecular flexibility index (Phi) is 4.88. The fourth-order valence-corrected chi connectivity index (χ4v) is 2.75. The summed E-state index contributed by atoms with van der Waals surface area (Å²) >= 11 is 0. The van der Waals surface area contributed by atoms with Crippen LogP contribution < -0.4 is 5.32 Å². The normalized spacial score (nSPS) is 25.3. The van der Waals surface area contributed by atoms with Crippen LogP contribution in [0.4, 0.5) is 8.78 Å². The maximum Gasteiger partial charge on any atom is 0.130 e. The van der Waals surface area contributed by atoms with Crippen molar-refractivity contribution in [3.8, 4) is 0 Å². The summed E-state index contributed by atoms with van der Waals surface area (Å²) in [6.45, 7) is 2.63. The molecule has 0 spiro atoms. The zero-order chi connectivity index (χ0) is 13.8. The number of rotatable bonds is 4. The lowest BCUT2D eigenvalue weighted by Crippen LogP contribution is -2.31. The Morgan fingerprint density at radius 1 is 1.37 bits per heavy atom. The minimum Gasteiger partial charge on any atom is -0.393 e. The van der Waals surface area contributed by atoms with Gasteiger partial charge in [-0.1, -0.05) is 12.5 Å². The predicted octanol–water partition coefficient (Wildman–Crippen LogP) is 3.17. The van der Waals surface area contributed by atoms with Crippen LogP contribution in [0.15, 0.2) is 18.2 Å². The van der Waals surface area contributed by atoms with Crippen LogP contribution in [0.2, 0.25) is 0 Å². The Bertz CT molecular complexity index is 425. The summed E-state index contributed by atoms with van der Waals surface area (Å²) in [6, 6.07) is 3.52. The zero-order valence-corrected chi connectivity index (χ0v) is 11.2. The molecule has 2 N–H and O–H groups in total. The molecule has 0 radical (unpaired) electrons. The average Bonchev–Trinajstić information content (AvgIpc) is 2.36. The summed E-state index contributed by atoms with van der Waals surface area (Å²) in [5, 5.41) is 12.9. The minimum atomic E-state index is -0.552. The van der Waals surface area contributed by atoms with E-state index in [-0.39, 0.29) is 12.1 Å². The molecular formula is C15H21F2NO. The van der Waals surface area contributed by atoms with E-state index in [9.17, 15) is 13.9 Å². The summed E-state index contributed by atoms with van der Waals surface area (Å²) < 4.78 is 26.5. The third-order valence-electron chi connectivity index (χ3n) is 3.90. The van der Waals surface area contributed by atoms with Gasteiger partial charge in [-0.25, -0.2) is 8.78 Å². The van der Waals surface area contributed by atoms with Crippen molar-refractivity contribution >= 4 is 0 Å². The van der Waals surface area contributed by atoms with Crippen LogP contribution in [0.5, 0.6) is 0 Å². The molecule has 0 bridgehead atoms. The molecule has 4 heteroatoms.